The minimum absolute atomic E-state index is 0.127. The lowest BCUT2D eigenvalue weighted by Crippen LogP contribution is -2.14. The Kier molecular flexibility index (Phi) is 4.70. The molecule has 0 aliphatic carbocycles. The number of carbonyl (C=O) groups excluding carboxylic acids is 2. The first-order valence-corrected chi connectivity index (χ1v) is 10.1. The van der Waals surface area contributed by atoms with E-state index in [9.17, 15) is 9.59 Å². The second kappa shape index (κ2) is 7.69. The van der Waals surface area contributed by atoms with E-state index in [2.05, 4.69) is 30.2 Å². The largest absolute Gasteiger partial charge is 0.360 e. The number of ketones is 1. The maximum Gasteiger partial charge on any atom is 0.274 e. The topological polar surface area (TPSA) is 118 Å². The molecule has 0 radical (unpaired) electrons. The highest BCUT2D eigenvalue weighted by molar-refractivity contribution is 6.16. The number of nitrogens with one attached hydrogen (secondary N) is 2. The average Bonchev–Trinajstić information content (AvgIpc) is 3.43. The highest BCUT2D eigenvalue weighted by atomic mass is 16.2. The van der Waals surface area contributed by atoms with Crippen LogP contribution in [-0.2, 0) is 0 Å². The summed E-state index contributed by atoms with van der Waals surface area (Å²) >= 11 is 0. The summed E-state index contributed by atoms with van der Waals surface area (Å²) in [7, 11) is 0. The van der Waals surface area contributed by atoms with Crippen LogP contribution in [0.15, 0.2) is 61.6 Å². The van der Waals surface area contributed by atoms with E-state index in [0.717, 1.165) is 5.52 Å². The van der Waals surface area contributed by atoms with E-state index in [4.69, 9.17) is 0 Å². The maximum atomic E-state index is 13.3. The number of pyridine rings is 2. The average molecular weight is 425 g/mol. The molecule has 9 heteroatoms. The Hall–Kier alpha value is -4.40. The number of H-pyrrole nitrogens is 1. The lowest BCUT2D eigenvalue weighted by Gasteiger charge is -2.07. The molecule has 0 atom stereocenters. The number of nitrogens with zero attached hydrogens (tertiary/aromatic N) is 5. The zero-order valence-corrected chi connectivity index (χ0v) is 17.4. The number of aromatic amines is 1. The molecule has 0 aromatic carbocycles. The fraction of sp³-hybridized carbons (Fsp3) is 0.130. The molecule has 1 amide bonds. The van der Waals surface area contributed by atoms with Crippen molar-refractivity contribution < 1.29 is 9.59 Å². The molecule has 0 aliphatic rings. The van der Waals surface area contributed by atoms with Gasteiger partial charge in [0, 0.05) is 41.8 Å². The van der Waals surface area contributed by atoms with Crippen LogP contribution in [0.2, 0.25) is 0 Å². The summed E-state index contributed by atoms with van der Waals surface area (Å²) in [5.41, 5.74) is 3.75. The van der Waals surface area contributed by atoms with Gasteiger partial charge in [0.25, 0.3) is 5.91 Å². The summed E-state index contributed by atoms with van der Waals surface area (Å²) in [6, 6.07) is 6.95. The van der Waals surface area contributed by atoms with Crippen molar-refractivity contribution in [1.29, 1.82) is 0 Å². The predicted octanol–water partition coefficient (Wildman–Crippen LogP) is 3.77. The molecule has 32 heavy (non-hydrogen) atoms. The smallest absolute Gasteiger partial charge is 0.274 e. The summed E-state index contributed by atoms with van der Waals surface area (Å²) in [5.74, 6) is -0.607. The van der Waals surface area contributed by atoms with Crippen LogP contribution in [0, 0.1) is 0 Å². The van der Waals surface area contributed by atoms with Gasteiger partial charge in [-0.05, 0) is 38.1 Å². The Balaban J connectivity index is 1.44. The number of aromatic nitrogens is 6. The van der Waals surface area contributed by atoms with Crippen LogP contribution >= 0.6 is 0 Å². The third kappa shape index (κ3) is 3.39. The maximum absolute atomic E-state index is 13.3. The van der Waals surface area contributed by atoms with E-state index in [1.54, 1.807) is 42.9 Å². The van der Waals surface area contributed by atoms with E-state index in [0.29, 0.717) is 33.4 Å². The van der Waals surface area contributed by atoms with Crippen molar-refractivity contribution in [3.05, 3.63) is 78.4 Å². The quantitative estimate of drug-likeness (QED) is 0.414. The molecule has 158 valence electrons. The fourth-order valence-corrected chi connectivity index (χ4v) is 3.61. The normalized spacial score (nSPS) is 11.3. The van der Waals surface area contributed by atoms with Crippen LogP contribution < -0.4 is 5.32 Å². The van der Waals surface area contributed by atoms with Crippen LogP contribution in [0.25, 0.3) is 22.1 Å². The number of carbonyl (C=O) groups is 2. The number of hydrogen-bond donors (Lipinski definition) is 2. The Labute approximate surface area is 182 Å². The molecule has 0 aliphatic heterocycles. The standard InChI is InChI=1S/C23H19N7O2/c1-13(2)30-11-17(16-10-25-12-27-22(16)30)21(31)14-7-15(9-24-8-14)28-23(32)20-4-3-18-19(29-20)5-6-26-18/h3-13,26H,1-2H3,(H,28,32). The molecule has 0 unspecified atom stereocenters. The summed E-state index contributed by atoms with van der Waals surface area (Å²) < 4.78 is 1.94. The molecule has 0 spiro atoms. The van der Waals surface area contributed by atoms with Crippen LogP contribution in [0.1, 0.15) is 46.3 Å². The molecule has 5 aromatic rings. The monoisotopic (exact) mass is 425 g/mol. The van der Waals surface area contributed by atoms with Gasteiger partial charge in [0.05, 0.1) is 28.5 Å². The Bertz CT molecular complexity index is 1480. The number of hydrogen-bond acceptors (Lipinski definition) is 6. The van der Waals surface area contributed by atoms with Gasteiger partial charge in [-0.3, -0.25) is 14.6 Å². The lowest BCUT2D eigenvalue weighted by molar-refractivity contribution is 0.101. The first kappa shape index (κ1) is 19.6. The van der Waals surface area contributed by atoms with Gasteiger partial charge in [-0.25, -0.2) is 15.0 Å². The molecular weight excluding hydrogens is 406 g/mol. The van der Waals surface area contributed by atoms with E-state index in [1.807, 2.05) is 18.4 Å². The zero-order valence-electron chi connectivity index (χ0n) is 17.4. The molecule has 0 saturated heterocycles. The number of amides is 1. The molecule has 5 aromatic heterocycles. The zero-order chi connectivity index (χ0) is 22.2. The van der Waals surface area contributed by atoms with Crippen molar-refractivity contribution >= 4 is 39.4 Å². The molecule has 0 saturated carbocycles. The van der Waals surface area contributed by atoms with Crippen molar-refractivity contribution in [3.8, 4) is 0 Å². The third-order valence-electron chi connectivity index (χ3n) is 5.19. The van der Waals surface area contributed by atoms with Crippen molar-refractivity contribution in [1.82, 2.24) is 29.5 Å². The molecule has 2 N–H and O–H groups in total. The molecular formula is C23H19N7O2. The minimum Gasteiger partial charge on any atom is -0.360 e. The number of anilines is 1. The van der Waals surface area contributed by atoms with Gasteiger partial charge >= 0.3 is 0 Å². The fourth-order valence-electron chi connectivity index (χ4n) is 3.61. The summed E-state index contributed by atoms with van der Waals surface area (Å²) in [6.07, 6.45) is 9.62. The van der Waals surface area contributed by atoms with Gasteiger partial charge in [-0.2, -0.15) is 0 Å². The van der Waals surface area contributed by atoms with Gasteiger partial charge < -0.3 is 14.9 Å². The Morgan fingerprint density at radius 1 is 1.09 bits per heavy atom. The van der Waals surface area contributed by atoms with Crippen molar-refractivity contribution in [2.45, 2.75) is 19.9 Å². The van der Waals surface area contributed by atoms with E-state index >= 15 is 0 Å². The van der Waals surface area contributed by atoms with Gasteiger partial charge in [-0.15, -0.1) is 0 Å². The molecule has 5 heterocycles. The van der Waals surface area contributed by atoms with Gasteiger partial charge in [0.2, 0.25) is 0 Å². The predicted molar refractivity (Wildman–Crippen MR) is 120 cm³/mol. The molecule has 9 nitrogen and oxygen atoms in total. The minimum atomic E-state index is -0.385. The van der Waals surface area contributed by atoms with Gasteiger partial charge in [-0.1, -0.05) is 0 Å². The second-order valence-electron chi connectivity index (χ2n) is 7.66. The Morgan fingerprint density at radius 2 is 1.97 bits per heavy atom. The molecule has 0 bridgehead atoms. The van der Waals surface area contributed by atoms with Crippen LogP contribution in [0.4, 0.5) is 5.69 Å². The van der Waals surface area contributed by atoms with Crippen LogP contribution in [-0.4, -0.2) is 41.2 Å². The van der Waals surface area contributed by atoms with E-state index in [-0.39, 0.29) is 23.4 Å². The van der Waals surface area contributed by atoms with E-state index < -0.39 is 0 Å². The van der Waals surface area contributed by atoms with Crippen LogP contribution in [0.3, 0.4) is 0 Å². The Morgan fingerprint density at radius 3 is 2.81 bits per heavy atom. The molecule has 0 fully saturated rings. The lowest BCUT2D eigenvalue weighted by atomic mass is 10.1. The summed E-state index contributed by atoms with van der Waals surface area (Å²) in [5, 5.41) is 3.44. The van der Waals surface area contributed by atoms with Gasteiger partial charge in [0.1, 0.15) is 17.7 Å². The second-order valence-corrected chi connectivity index (χ2v) is 7.66. The summed E-state index contributed by atoms with van der Waals surface area (Å²) in [4.78, 5) is 45.9. The summed E-state index contributed by atoms with van der Waals surface area (Å²) in [6.45, 7) is 4.04. The third-order valence-corrected chi connectivity index (χ3v) is 5.19. The first-order valence-electron chi connectivity index (χ1n) is 10.1. The van der Waals surface area contributed by atoms with Gasteiger partial charge in [0.15, 0.2) is 5.78 Å². The highest BCUT2D eigenvalue weighted by Gasteiger charge is 2.20. The van der Waals surface area contributed by atoms with Crippen molar-refractivity contribution in [3.63, 3.8) is 0 Å². The highest BCUT2D eigenvalue weighted by Crippen LogP contribution is 2.25. The first-order chi connectivity index (χ1) is 15.5. The van der Waals surface area contributed by atoms with Crippen molar-refractivity contribution in [2.24, 2.45) is 0 Å². The molecule has 5 rings (SSSR count). The van der Waals surface area contributed by atoms with E-state index in [1.165, 1.54) is 18.7 Å². The number of fused-ring (bicyclic) bond motifs is 2. The van der Waals surface area contributed by atoms with Crippen LogP contribution in [0.5, 0.6) is 0 Å². The SMILES string of the molecule is CC(C)n1cc(C(=O)c2cncc(NC(=O)c3ccc4[nH]ccc4n3)c2)c2cncnc21. The number of rotatable bonds is 5. The van der Waals surface area contributed by atoms with Crippen molar-refractivity contribution in [2.75, 3.05) is 5.32 Å².